The lowest BCUT2D eigenvalue weighted by molar-refractivity contribution is 0.415. The predicted octanol–water partition coefficient (Wildman–Crippen LogP) is 4.74. The molecule has 4 rings (SSSR count). The average molecular weight is 430 g/mol. The third-order valence-electron chi connectivity index (χ3n) is 5.69. The summed E-state index contributed by atoms with van der Waals surface area (Å²) in [5.41, 5.74) is 5.08. The van der Waals surface area contributed by atoms with Crippen LogP contribution in [0.4, 0.5) is 5.69 Å². The Balaban J connectivity index is 1.88. The molecule has 0 N–H and O–H groups in total. The van der Waals surface area contributed by atoms with Crippen molar-refractivity contribution < 1.29 is 8.95 Å². The molecule has 158 valence electrons. The molecule has 0 heterocycles. The van der Waals surface area contributed by atoms with Gasteiger partial charge in [-0.1, -0.05) is 48.9 Å². The molecule has 1 aliphatic carbocycles. The third kappa shape index (κ3) is 4.13. The van der Waals surface area contributed by atoms with E-state index in [2.05, 4.69) is 44.2 Å². The second-order valence-corrected chi connectivity index (χ2v) is 9.43. The Bertz CT molecular complexity index is 1300. The first-order valence-corrected chi connectivity index (χ1v) is 11.6. The van der Waals surface area contributed by atoms with Crippen molar-refractivity contribution in [2.75, 3.05) is 7.11 Å². The summed E-state index contributed by atoms with van der Waals surface area (Å²) < 4.78 is 19.3. The number of benzene rings is 3. The number of rotatable bonds is 4. The van der Waals surface area contributed by atoms with Crippen molar-refractivity contribution in [2.45, 2.75) is 32.6 Å². The van der Waals surface area contributed by atoms with Crippen molar-refractivity contribution in [1.82, 2.24) is 0 Å². The molecule has 0 radical (unpaired) electrons. The molecule has 0 bridgehead atoms. The minimum Gasteiger partial charge on any atom is -0.497 e. The van der Waals surface area contributed by atoms with E-state index < -0.39 is 10.8 Å². The van der Waals surface area contributed by atoms with E-state index in [1.165, 1.54) is 5.56 Å². The van der Waals surface area contributed by atoms with Gasteiger partial charge in [0.1, 0.15) is 5.75 Å². The Morgan fingerprint density at radius 3 is 2.23 bits per heavy atom. The summed E-state index contributed by atoms with van der Waals surface area (Å²) in [5, 5.41) is 2.10. The van der Waals surface area contributed by atoms with Crippen LogP contribution in [-0.2, 0) is 10.8 Å². The minimum atomic E-state index is -1.28. The zero-order valence-electron chi connectivity index (χ0n) is 18.6. The summed E-state index contributed by atoms with van der Waals surface area (Å²) in [4.78, 5) is 6.74. The average Bonchev–Trinajstić information content (AvgIpc) is 2.74. The molecule has 0 saturated heterocycles. The van der Waals surface area contributed by atoms with Gasteiger partial charge in [0.05, 0.1) is 23.6 Å². The van der Waals surface area contributed by atoms with E-state index in [1.807, 2.05) is 50.2 Å². The van der Waals surface area contributed by atoms with E-state index in [1.54, 1.807) is 7.11 Å². The van der Waals surface area contributed by atoms with Crippen LogP contribution in [0.15, 0.2) is 70.6 Å². The van der Waals surface area contributed by atoms with E-state index in [4.69, 9.17) is 9.73 Å². The molecule has 0 amide bonds. The molecule has 0 spiro atoms. The Hall–Kier alpha value is -2.98. The van der Waals surface area contributed by atoms with Gasteiger partial charge in [0.15, 0.2) is 0 Å². The third-order valence-corrected chi connectivity index (χ3v) is 7.67. The Kier molecular flexibility index (Phi) is 5.92. The van der Waals surface area contributed by atoms with Gasteiger partial charge in [-0.25, -0.2) is 4.21 Å². The number of methoxy groups -OCH3 is 1. The highest BCUT2D eigenvalue weighted by atomic mass is 32.2. The van der Waals surface area contributed by atoms with Crippen molar-refractivity contribution >= 4 is 33.2 Å². The molecule has 3 nitrogen and oxygen atoms in total. The molecule has 0 aromatic heterocycles. The van der Waals surface area contributed by atoms with Crippen LogP contribution in [0.25, 0.3) is 11.0 Å². The van der Waals surface area contributed by atoms with E-state index >= 15 is 0 Å². The van der Waals surface area contributed by atoms with Crippen LogP contribution < -0.4 is 15.2 Å². The highest BCUT2D eigenvalue weighted by Gasteiger charge is 2.26. The van der Waals surface area contributed by atoms with Gasteiger partial charge in [-0.15, -0.1) is 0 Å². The van der Waals surface area contributed by atoms with Crippen molar-refractivity contribution in [1.29, 1.82) is 0 Å². The topological polar surface area (TPSA) is 38.7 Å². The zero-order chi connectivity index (χ0) is 22.1. The lowest BCUT2D eigenvalue weighted by Gasteiger charge is -2.22. The quantitative estimate of drug-likeness (QED) is 0.601. The second-order valence-electron chi connectivity index (χ2n) is 8.05. The molecule has 0 aliphatic heterocycles. The SMILES string of the molecule is COc1ccc(N=C2C=c3ccccc3=C(S(=O)c3c(C)cc(C)cc3C)C2C)cc1. The summed E-state index contributed by atoms with van der Waals surface area (Å²) in [6.45, 7) is 8.27. The van der Waals surface area contributed by atoms with Crippen LogP contribution >= 0.6 is 0 Å². The van der Waals surface area contributed by atoms with Gasteiger partial charge in [-0.3, -0.25) is 4.99 Å². The van der Waals surface area contributed by atoms with Crippen LogP contribution in [0.3, 0.4) is 0 Å². The smallest absolute Gasteiger partial charge is 0.119 e. The molecular weight excluding hydrogens is 402 g/mol. The van der Waals surface area contributed by atoms with Crippen LogP contribution in [0, 0.1) is 26.7 Å². The first-order valence-electron chi connectivity index (χ1n) is 10.4. The molecular formula is C27H27NO2S. The van der Waals surface area contributed by atoms with Gasteiger partial charge in [0.25, 0.3) is 0 Å². The molecule has 0 saturated carbocycles. The van der Waals surface area contributed by atoms with Gasteiger partial charge in [0, 0.05) is 21.4 Å². The maximum absolute atomic E-state index is 14.0. The highest BCUT2D eigenvalue weighted by molar-refractivity contribution is 7.94. The fourth-order valence-electron chi connectivity index (χ4n) is 4.26. The van der Waals surface area contributed by atoms with Crippen molar-refractivity contribution in [3.05, 3.63) is 87.8 Å². The summed E-state index contributed by atoms with van der Waals surface area (Å²) >= 11 is 0. The fourth-order valence-corrected chi connectivity index (χ4v) is 6.01. The lowest BCUT2D eigenvalue weighted by atomic mass is 9.96. The molecule has 3 aromatic rings. The van der Waals surface area contributed by atoms with Crippen molar-refractivity contribution in [3.8, 4) is 5.75 Å². The zero-order valence-corrected chi connectivity index (χ0v) is 19.4. The molecule has 2 unspecified atom stereocenters. The van der Waals surface area contributed by atoms with Crippen LogP contribution in [-0.4, -0.2) is 17.0 Å². The molecule has 0 fully saturated rings. The van der Waals surface area contributed by atoms with Crippen molar-refractivity contribution in [3.63, 3.8) is 0 Å². The second kappa shape index (κ2) is 8.64. The molecule has 31 heavy (non-hydrogen) atoms. The van der Waals surface area contributed by atoms with Gasteiger partial charge in [-0.05, 0) is 72.7 Å². The Morgan fingerprint density at radius 2 is 1.58 bits per heavy atom. The van der Waals surface area contributed by atoms with E-state index in [0.29, 0.717) is 0 Å². The van der Waals surface area contributed by atoms with Crippen LogP contribution in [0.1, 0.15) is 23.6 Å². The van der Waals surface area contributed by atoms with Crippen LogP contribution in [0.5, 0.6) is 5.75 Å². The normalized spacial score (nSPS) is 17.8. The van der Waals surface area contributed by atoms with E-state index in [0.717, 1.165) is 48.5 Å². The summed E-state index contributed by atoms with van der Waals surface area (Å²) in [7, 11) is 0.373. The standard InChI is InChI=1S/C27H27NO2S/c1-17-14-18(2)26(19(3)15-17)31(29)27-20(4)25(16-21-8-6-7-9-24(21)27)28-22-10-12-23(30-5)13-11-22/h6-16,20H,1-5H3. The van der Waals surface area contributed by atoms with Gasteiger partial charge in [0.2, 0.25) is 0 Å². The summed E-state index contributed by atoms with van der Waals surface area (Å²) in [6.07, 6.45) is 2.11. The molecule has 4 heteroatoms. The van der Waals surface area contributed by atoms with Gasteiger partial charge >= 0.3 is 0 Å². The summed E-state index contributed by atoms with van der Waals surface area (Å²) in [5.74, 6) is 0.728. The van der Waals surface area contributed by atoms with E-state index in [-0.39, 0.29) is 5.92 Å². The first-order chi connectivity index (χ1) is 14.9. The fraction of sp³-hybridized carbons (Fsp3) is 0.222. The number of hydrogen-bond acceptors (Lipinski definition) is 3. The largest absolute Gasteiger partial charge is 0.497 e. The molecule has 1 aliphatic rings. The maximum Gasteiger partial charge on any atom is 0.119 e. The molecule has 2 atom stereocenters. The number of aryl methyl sites for hydroxylation is 3. The molecule has 3 aromatic carbocycles. The predicted molar refractivity (Wildman–Crippen MR) is 130 cm³/mol. The highest BCUT2D eigenvalue weighted by Crippen LogP contribution is 2.30. The monoisotopic (exact) mass is 429 g/mol. The Morgan fingerprint density at radius 1 is 0.935 bits per heavy atom. The van der Waals surface area contributed by atoms with Gasteiger partial charge in [-0.2, -0.15) is 0 Å². The lowest BCUT2D eigenvalue weighted by Crippen LogP contribution is -2.37. The van der Waals surface area contributed by atoms with E-state index in [9.17, 15) is 4.21 Å². The maximum atomic E-state index is 14.0. The number of nitrogens with zero attached hydrogens (tertiary/aromatic N) is 1. The van der Waals surface area contributed by atoms with Gasteiger partial charge < -0.3 is 4.74 Å². The number of hydrogen-bond donors (Lipinski definition) is 0. The summed E-state index contributed by atoms with van der Waals surface area (Å²) in [6, 6.07) is 20.1. The number of ether oxygens (including phenoxy) is 1. The Labute approximate surface area is 186 Å². The number of aliphatic imine (C=N–C) groups is 1. The van der Waals surface area contributed by atoms with Crippen LogP contribution in [0.2, 0.25) is 0 Å². The van der Waals surface area contributed by atoms with Crippen molar-refractivity contribution in [2.24, 2.45) is 10.9 Å². The minimum absolute atomic E-state index is 0.0714. The first kappa shape index (κ1) is 21.3. The number of fused-ring (bicyclic) bond motifs is 1.